The first-order chi connectivity index (χ1) is 12.6. The Morgan fingerprint density at radius 2 is 1.04 bits per heavy atom. The van der Waals surface area contributed by atoms with Crippen molar-refractivity contribution in [2.75, 3.05) is 28.4 Å². The van der Waals surface area contributed by atoms with Crippen LogP contribution in [0.5, 0.6) is 23.0 Å². The third-order valence-electron chi connectivity index (χ3n) is 3.71. The van der Waals surface area contributed by atoms with E-state index in [1.807, 2.05) is 0 Å². The highest BCUT2D eigenvalue weighted by Crippen LogP contribution is 2.46. The summed E-state index contributed by atoms with van der Waals surface area (Å²) in [6.07, 6.45) is 2.54. The Hall–Kier alpha value is -3.42. The minimum Gasteiger partial charge on any atom is -0.493 e. The first kappa shape index (κ1) is 21.6. The topological polar surface area (TPSA) is 102 Å². The number of hydrogen-bond acceptors (Lipinski definition) is 8. The van der Waals surface area contributed by atoms with E-state index in [1.54, 1.807) is 24.3 Å². The number of nitrogens with zero attached hydrogens (tertiary/aromatic N) is 2. The fraction of sp³-hybridized carbons (Fsp3) is 0.263. The minimum atomic E-state index is 0. The summed E-state index contributed by atoms with van der Waals surface area (Å²) in [4.78, 5) is 0. The van der Waals surface area contributed by atoms with E-state index >= 15 is 0 Å². The molecule has 0 aliphatic carbocycles. The van der Waals surface area contributed by atoms with Crippen molar-refractivity contribution in [3.05, 3.63) is 35.4 Å². The van der Waals surface area contributed by atoms with Crippen LogP contribution in [-0.4, -0.2) is 51.3 Å². The van der Waals surface area contributed by atoms with E-state index in [4.69, 9.17) is 29.4 Å². The monoisotopic (exact) mass is 376 g/mol. The summed E-state index contributed by atoms with van der Waals surface area (Å²) in [6, 6.07) is 6.84. The molecule has 0 aliphatic rings. The Morgan fingerprint density at radius 3 is 1.30 bits per heavy atom. The van der Waals surface area contributed by atoms with Crippen LogP contribution in [0.3, 0.4) is 0 Å². The van der Waals surface area contributed by atoms with Gasteiger partial charge in [-0.15, -0.1) is 0 Å². The molecule has 27 heavy (non-hydrogen) atoms. The van der Waals surface area contributed by atoms with Crippen molar-refractivity contribution in [3.63, 3.8) is 0 Å². The van der Waals surface area contributed by atoms with Crippen LogP contribution < -0.4 is 18.9 Å². The second kappa shape index (κ2) is 9.91. The maximum Gasteiger partial charge on any atom is 0.168 e. The van der Waals surface area contributed by atoms with Crippen molar-refractivity contribution in [3.8, 4) is 34.1 Å². The zero-order chi connectivity index (χ0) is 19.1. The van der Waals surface area contributed by atoms with Crippen molar-refractivity contribution >= 4 is 12.4 Å². The fourth-order valence-electron chi connectivity index (χ4n) is 2.65. The molecule has 8 nitrogen and oxygen atoms in total. The molecule has 0 amide bonds. The van der Waals surface area contributed by atoms with Crippen molar-refractivity contribution in [2.45, 2.75) is 7.43 Å². The smallest absolute Gasteiger partial charge is 0.168 e. The van der Waals surface area contributed by atoms with E-state index in [0.29, 0.717) is 45.3 Å². The molecule has 2 N–H and O–H groups in total. The molecule has 2 aromatic carbocycles. The van der Waals surface area contributed by atoms with Crippen molar-refractivity contribution in [1.29, 1.82) is 0 Å². The standard InChI is InChI=1S/C18H20N2O6.CH4/c1-23-15-7-11(9-19-21)5-13(17(15)25-3)14-6-12(10-20-22)8-16(24-2)18(14)26-4;/h5-10,21-22H,1-4H3;1H4/b19-9+,20-10+;. The molecule has 0 saturated heterocycles. The zero-order valence-electron chi connectivity index (χ0n) is 14.9. The predicted molar refractivity (Wildman–Crippen MR) is 104 cm³/mol. The first-order valence-electron chi connectivity index (χ1n) is 7.50. The lowest BCUT2D eigenvalue weighted by atomic mass is 9.98. The van der Waals surface area contributed by atoms with E-state index in [2.05, 4.69) is 10.3 Å². The molecular weight excluding hydrogens is 352 g/mol. The zero-order valence-corrected chi connectivity index (χ0v) is 14.9. The molecule has 2 aromatic rings. The molecule has 0 atom stereocenters. The van der Waals surface area contributed by atoms with Gasteiger partial charge in [-0.25, -0.2) is 0 Å². The van der Waals surface area contributed by atoms with Crippen LogP contribution in [0.2, 0.25) is 0 Å². The fourth-order valence-corrected chi connectivity index (χ4v) is 2.65. The lowest BCUT2D eigenvalue weighted by molar-refractivity contribution is 0.321. The molecule has 0 saturated carbocycles. The number of methoxy groups -OCH3 is 4. The van der Waals surface area contributed by atoms with E-state index in [-0.39, 0.29) is 7.43 Å². The second-order valence-corrected chi connectivity index (χ2v) is 5.10. The van der Waals surface area contributed by atoms with Crippen LogP contribution in [0, 0.1) is 0 Å². The first-order valence-corrected chi connectivity index (χ1v) is 7.50. The molecule has 146 valence electrons. The van der Waals surface area contributed by atoms with Gasteiger partial charge < -0.3 is 29.4 Å². The molecular formula is C19H24N2O6. The van der Waals surface area contributed by atoms with Gasteiger partial charge in [0.25, 0.3) is 0 Å². The predicted octanol–water partition coefficient (Wildman–Crippen LogP) is 3.64. The molecule has 0 aliphatic heterocycles. The van der Waals surface area contributed by atoms with Crippen LogP contribution in [0.15, 0.2) is 34.6 Å². The Morgan fingerprint density at radius 1 is 0.667 bits per heavy atom. The van der Waals surface area contributed by atoms with Crippen molar-refractivity contribution in [2.24, 2.45) is 10.3 Å². The summed E-state index contributed by atoms with van der Waals surface area (Å²) in [6.45, 7) is 0. The highest BCUT2D eigenvalue weighted by atomic mass is 16.5. The van der Waals surface area contributed by atoms with Crippen LogP contribution >= 0.6 is 0 Å². The number of hydrogen-bond donors (Lipinski definition) is 2. The molecule has 8 heteroatoms. The number of ether oxygens (including phenoxy) is 4. The van der Waals surface area contributed by atoms with Crippen LogP contribution in [0.25, 0.3) is 11.1 Å². The largest absolute Gasteiger partial charge is 0.493 e. The SMILES string of the molecule is C.COc1cc(/C=N/O)cc(-c2cc(/C=N/O)cc(OC)c2OC)c1OC. The Kier molecular flexibility index (Phi) is 7.93. The van der Waals surface area contributed by atoms with E-state index in [9.17, 15) is 0 Å². The maximum absolute atomic E-state index is 8.88. The molecule has 0 bridgehead atoms. The highest BCUT2D eigenvalue weighted by Gasteiger charge is 2.20. The highest BCUT2D eigenvalue weighted by molar-refractivity contribution is 5.91. The second-order valence-electron chi connectivity index (χ2n) is 5.10. The van der Waals surface area contributed by atoms with E-state index in [0.717, 1.165) is 0 Å². The van der Waals surface area contributed by atoms with Crippen molar-refractivity contribution < 1.29 is 29.4 Å². The average molecular weight is 376 g/mol. The van der Waals surface area contributed by atoms with Gasteiger partial charge in [0.15, 0.2) is 23.0 Å². The Bertz CT molecular complexity index is 764. The van der Waals surface area contributed by atoms with Crippen LogP contribution in [0.4, 0.5) is 0 Å². The average Bonchev–Trinajstić information content (AvgIpc) is 2.66. The van der Waals surface area contributed by atoms with Gasteiger partial charge in [-0.2, -0.15) is 0 Å². The Balaban J connectivity index is 0.00000364. The summed E-state index contributed by atoms with van der Waals surface area (Å²) in [5, 5.41) is 23.9. The molecule has 0 fully saturated rings. The normalized spacial score (nSPS) is 10.7. The molecule has 0 unspecified atom stereocenters. The van der Waals surface area contributed by atoms with Crippen molar-refractivity contribution in [1.82, 2.24) is 0 Å². The Labute approximate surface area is 158 Å². The van der Waals surface area contributed by atoms with E-state index < -0.39 is 0 Å². The van der Waals surface area contributed by atoms with Gasteiger partial charge in [-0.05, 0) is 24.3 Å². The third kappa shape index (κ3) is 4.41. The van der Waals surface area contributed by atoms with Gasteiger partial charge in [-0.3, -0.25) is 0 Å². The molecule has 0 spiro atoms. The van der Waals surface area contributed by atoms with Gasteiger partial charge in [0.1, 0.15) is 0 Å². The summed E-state index contributed by atoms with van der Waals surface area (Å²) in [5.74, 6) is 1.81. The number of oxime groups is 2. The lowest BCUT2D eigenvalue weighted by Gasteiger charge is -2.18. The molecule has 2 rings (SSSR count). The number of benzene rings is 2. The van der Waals surface area contributed by atoms with Gasteiger partial charge >= 0.3 is 0 Å². The minimum absolute atomic E-state index is 0. The summed E-state index contributed by atoms with van der Waals surface area (Å²) in [7, 11) is 6.05. The van der Waals surface area contributed by atoms with Crippen LogP contribution in [0.1, 0.15) is 18.6 Å². The summed E-state index contributed by atoms with van der Waals surface area (Å²) < 4.78 is 21.8. The summed E-state index contributed by atoms with van der Waals surface area (Å²) in [5.41, 5.74) is 2.40. The van der Waals surface area contributed by atoms with Gasteiger partial charge in [0, 0.05) is 22.3 Å². The quantitative estimate of drug-likeness (QED) is 0.434. The lowest BCUT2D eigenvalue weighted by Crippen LogP contribution is -2.00. The van der Waals surface area contributed by atoms with Crippen LogP contribution in [-0.2, 0) is 0 Å². The van der Waals surface area contributed by atoms with Gasteiger partial charge in [0.2, 0.25) is 0 Å². The maximum atomic E-state index is 8.88. The molecule has 0 radical (unpaired) electrons. The summed E-state index contributed by atoms with van der Waals surface area (Å²) >= 11 is 0. The number of rotatable bonds is 7. The van der Waals surface area contributed by atoms with E-state index in [1.165, 1.54) is 40.9 Å². The molecule has 0 heterocycles. The van der Waals surface area contributed by atoms with Gasteiger partial charge in [-0.1, -0.05) is 17.7 Å². The van der Waals surface area contributed by atoms with Gasteiger partial charge in [0.05, 0.1) is 40.9 Å². The third-order valence-corrected chi connectivity index (χ3v) is 3.71. The molecule has 0 aromatic heterocycles.